The number of benzene rings is 2. The number of hydrogen-bond acceptors (Lipinski definition) is 2. The zero-order chi connectivity index (χ0) is 20.1. The molecular formula is C24H30N2O2. The van der Waals surface area contributed by atoms with Gasteiger partial charge in [0.15, 0.2) is 0 Å². The smallest absolute Gasteiger partial charge is 0.227 e. The largest absolute Gasteiger partial charge is 0.341 e. The molecule has 2 aromatic rings. The first-order valence-corrected chi connectivity index (χ1v) is 10.2. The highest BCUT2D eigenvalue weighted by Gasteiger charge is 2.31. The van der Waals surface area contributed by atoms with Crippen molar-refractivity contribution in [3.8, 4) is 11.1 Å². The van der Waals surface area contributed by atoms with Crippen molar-refractivity contribution in [2.75, 3.05) is 26.2 Å². The van der Waals surface area contributed by atoms with Gasteiger partial charge in [-0.25, -0.2) is 0 Å². The molecule has 1 saturated heterocycles. The van der Waals surface area contributed by atoms with Crippen LogP contribution in [0.2, 0.25) is 0 Å². The minimum Gasteiger partial charge on any atom is -0.341 e. The van der Waals surface area contributed by atoms with E-state index in [0.717, 1.165) is 5.56 Å². The molecule has 2 amide bonds. The number of nitrogens with zero attached hydrogens (tertiary/aromatic N) is 2. The molecular weight excluding hydrogens is 348 g/mol. The van der Waals surface area contributed by atoms with Crippen LogP contribution in [0.25, 0.3) is 11.1 Å². The van der Waals surface area contributed by atoms with E-state index in [2.05, 4.69) is 49.4 Å². The quantitative estimate of drug-likeness (QED) is 0.791. The summed E-state index contributed by atoms with van der Waals surface area (Å²) < 4.78 is 0. The lowest BCUT2D eigenvalue weighted by Gasteiger charge is -2.23. The van der Waals surface area contributed by atoms with E-state index in [1.165, 1.54) is 16.7 Å². The molecule has 0 unspecified atom stereocenters. The molecule has 0 saturated carbocycles. The van der Waals surface area contributed by atoms with E-state index in [0.29, 0.717) is 39.0 Å². The van der Waals surface area contributed by atoms with E-state index in [1.54, 1.807) is 0 Å². The highest BCUT2D eigenvalue weighted by Crippen LogP contribution is 2.26. The highest BCUT2D eigenvalue weighted by molar-refractivity contribution is 5.82. The van der Waals surface area contributed by atoms with Crippen molar-refractivity contribution in [3.63, 3.8) is 0 Å². The summed E-state index contributed by atoms with van der Waals surface area (Å²) in [5, 5.41) is 0. The third kappa shape index (κ3) is 4.44. The van der Waals surface area contributed by atoms with Crippen LogP contribution in [0.15, 0.2) is 48.5 Å². The molecule has 0 spiro atoms. The van der Waals surface area contributed by atoms with E-state index >= 15 is 0 Å². The topological polar surface area (TPSA) is 40.6 Å². The van der Waals surface area contributed by atoms with Crippen molar-refractivity contribution in [1.82, 2.24) is 9.80 Å². The van der Waals surface area contributed by atoms with Gasteiger partial charge in [-0.2, -0.15) is 0 Å². The number of carbonyl (C=O) groups is 2. The Morgan fingerprint density at radius 2 is 1.86 bits per heavy atom. The molecule has 1 aliphatic heterocycles. The SMILES string of the molecule is CCC(=O)N1CCN(CC)C(=O)[C@@H](Cc2cccc(-c3ccccc3C)c2)C1. The Bertz CT molecular complexity index is 846. The molecule has 4 heteroatoms. The number of amides is 2. The Labute approximate surface area is 168 Å². The van der Waals surface area contributed by atoms with Crippen LogP contribution in [-0.4, -0.2) is 47.8 Å². The predicted octanol–water partition coefficient (Wildman–Crippen LogP) is 3.92. The highest BCUT2D eigenvalue weighted by atomic mass is 16.2. The van der Waals surface area contributed by atoms with Crippen molar-refractivity contribution in [2.24, 2.45) is 5.92 Å². The maximum atomic E-state index is 13.0. The zero-order valence-corrected chi connectivity index (χ0v) is 17.1. The van der Waals surface area contributed by atoms with Crippen LogP contribution in [0, 0.1) is 12.8 Å². The molecule has 1 fully saturated rings. The first-order valence-electron chi connectivity index (χ1n) is 10.2. The van der Waals surface area contributed by atoms with Gasteiger partial charge in [0.05, 0.1) is 5.92 Å². The number of aryl methyl sites for hydroxylation is 1. The number of carbonyl (C=O) groups excluding carboxylic acids is 2. The molecule has 4 nitrogen and oxygen atoms in total. The first kappa shape index (κ1) is 20.1. The Hall–Kier alpha value is -2.62. The molecule has 0 radical (unpaired) electrons. The summed E-state index contributed by atoms with van der Waals surface area (Å²) in [6, 6.07) is 16.8. The Balaban J connectivity index is 1.85. The van der Waals surface area contributed by atoms with Gasteiger partial charge in [0.2, 0.25) is 11.8 Å². The minimum absolute atomic E-state index is 0.129. The molecule has 148 valence electrons. The number of likely N-dealkylation sites (N-methyl/N-ethyl adjacent to an activating group) is 1. The van der Waals surface area contributed by atoms with Crippen LogP contribution >= 0.6 is 0 Å². The van der Waals surface area contributed by atoms with Gasteiger partial charge in [-0.1, -0.05) is 55.5 Å². The molecule has 28 heavy (non-hydrogen) atoms. The summed E-state index contributed by atoms with van der Waals surface area (Å²) in [6.45, 7) is 8.46. The van der Waals surface area contributed by atoms with E-state index in [1.807, 2.05) is 29.7 Å². The summed E-state index contributed by atoms with van der Waals surface area (Å²) in [4.78, 5) is 29.1. The summed E-state index contributed by atoms with van der Waals surface area (Å²) in [5.74, 6) is 0.102. The van der Waals surface area contributed by atoms with Crippen LogP contribution < -0.4 is 0 Å². The van der Waals surface area contributed by atoms with Crippen LogP contribution in [0.4, 0.5) is 0 Å². The summed E-state index contributed by atoms with van der Waals surface area (Å²) >= 11 is 0. The fourth-order valence-corrected chi connectivity index (χ4v) is 4.01. The second-order valence-corrected chi connectivity index (χ2v) is 7.53. The third-order valence-electron chi connectivity index (χ3n) is 5.64. The van der Waals surface area contributed by atoms with Gasteiger partial charge in [-0.15, -0.1) is 0 Å². The fraction of sp³-hybridized carbons (Fsp3) is 0.417. The van der Waals surface area contributed by atoms with Crippen LogP contribution in [0.5, 0.6) is 0 Å². The summed E-state index contributed by atoms with van der Waals surface area (Å²) in [5.41, 5.74) is 4.77. The molecule has 0 aromatic heterocycles. The summed E-state index contributed by atoms with van der Waals surface area (Å²) in [7, 11) is 0. The van der Waals surface area contributed by atoms with Gasteiger partial charge in [0.25, 0.3) is 0 Å². The number of hydrogen-bond donors (Lipinski definition) is 0. The minimum atomic E-state index is -0.190. The average Bonchev–Trinajstić information content (AvgIpc) is 2.87. The lowest BCUT2D eigenvalue weighted by atomic mass is 9.93. The molecule has 0 N–H and O–H groups in total. The van der Waals surface area contributed by atoms with Crippen molar-refractivity contribution in [2.45, 2.75) is 33.6 Å². The number of rotatable bonds is 5. The Kier molecular flexibility index (Phi) is 6.50. The van der Waals surface area contributed by atoms with Crippen molar-refractivity contribution in [3.05, 3.63) is 59.7 Å². The monoisotopic (exact) mass is 378 g/mol. The predicted molar refractivity (Wildman–Crippen MR) is 113 cm³/mol. The molecule has 0 bridgehead atoms. The molecule has 1 heterocycles. The molecule has 2 aromatic carbocycles. The normalized spacial score (nSPS) is 17.5. The standard InChI is InChI=1S/C24H30N2O2/c1-4-23(27)26-14-13-25(5-2)24(28)21(17-26)16-19-10-8-11-20(15-19)22-12-7-6-9-18(22)3/h6-12,15,21H,4-5,13-14,16-17H2,1-3H3/t21-/m0/s1. The van der Waals surface area contributed by atoms with Gasteiger partial charge in [0, 0.05) is 32.6 Å². The first-order chi connectivity index (χ1) is 13.5. The van der Waals surface area contributed by atoms with Crippen molar-refractivity contribution in [1.29, 1.82) is 0 Å². The fourth-order valence-electron chi connectivity index (χ4n) is 4.01. The van der Waals surface area contributed by atoms with E-state index < -0.39 is 0 Å². The molecule has 1 aliphatic rings. The van der Waals surface area contributed by atoms with Crippen LogP contribution in [0.3, 0.4) is 0 Å². The average molecular weight is 379 g/mol. The molecule has 0 aliphatic carbocycles. The van der Waals surface area contributed by atoms with Crippen LogP contribution in [-0.2, 0) is 16.0 Å². The Morgan fingerprint density at radius 1 is 1.07 bits per heavy atom. The van der Waals surface area contributed by atoms with Gasteiger partial charge in [0.1, 0.15) is 0 Å². The van der Waals surface area contributed by atoms with Gasteiger partial charge in [-0.3, -0.25) is 9.59 Å². The summed E-state index contributed by atoms with van der Waals surface area (Å²) in [6.07, 6.45) is 1.14. The third-order valence-corrected chi connectivity index (χ3v) is 5.64. The maximum Gasteiger partial charge on any atom is 0.227 e. The lowest BCUT2D eigenvalue weighted by molar-refractivity contribution is -0.134. The Morgan fingerprint density at radius 3 is 2.57 bits per heavy atom. The van der Waals surface area contributed by atoms with Crippen molar-refractivity contribution >= 4 is 11.8 Å². The zero-order valence-electron chi connectivity index (χ0n) is 17.1. The van der Waals surface area contributed by atoms with E-state index in [4.69, 9.17) is 0 Å². The van der Waals surface area contributed by atoms with Gasteiger partial charge < -0.3 is 9.80 Å². The molecule has 3 rings (SSSR count). The second-order valence-electron chi connectivity index (χ2n) is 7.53. The molecule has 1 atom stereocenters. The van der Waals surface area contributed by atoms with Gasteiger partial charge >= 0.3 is 0 Å². The second kappa shape index (κ2) is 9.05. The van der Waals surface area contributed by atoms with E-state index in [9.17, 15) is 9.59 Å². The van der Waals surface area contributed by atoms with Crippen molar-refractivity contribution < 1.29 is 9.59 Å². The van der Waals surface area contributed by atoms with E-state index in [-0.39, 0.29) is 17.7 Å². The van der Waals surface area contributed by atoms with Gasteiger partial charge in [-0.05, 0) is 42.5 Å². The lowest BCUT2D eigenvalue weighted by Crippen LogP contribution is -2.37. The maximum absolute atomic E-state index is 13.0. The van der Waals surface area contributed by atoms with Crippen LogP contribution in [0.1, 0.15) is 31.4 Å².